The molecule has 0 aromatic heterocycles. The minimum Gasteiger partial charge on any atom is -0.378 e. The Morgan fingerprint density at radius 3 is 2.25 bits per heavy atom. The second-order valence-corrected chi connectivity index (χ2v) is 3.41. The van der Waals surface area contributed by atoms with Crippen molar-refractivity contribution in [2.75, 3.05) is 33.1 Å². The summed E-state index contributed by atoms with van der Waals surface area (Å²) in [4.78, 5) is 5.94. The highest BCUT2D eigenvalue weighted by molar-refractivity contribution is 5.79. The molecule has 5 heteroatoms. The Morgan fingerprint density at radius 2 is 1.81 bits per heavy atom. The molecule has 0 radical (unpaired) electrons. The lowest BCUT2D eigenvalue weighted by molar-refractivity contribution is 1.08. The Labute approximate surface area is 95.9 Å². The predicted octanol–water partition coefficient (Wildman–Crippen LogP) is 2.04. The molecule has 1 aromatic carbocycles. The largest absolute Gasteiger partial charge is 0.378 e. The first-order valence-electron chi connectivity index (χ1n) is 5.01. The third-order valence-corrected chi connectivity index (χ3v) is 2.06. The van der Waals surface area contributed by atoms with E-state index in [0.29, 0.717) is 5.96 Å². The molecule has 0 aliphatic carbocycles. The summed E-state index contributed by atoms with van der Waals surface area (Å²) in [7, 11) is 7.43. The van der Waals surface area contributed by atoms with Crippen LogP contribution in [0.15, 0.2) is 39.5 Å². The molecule has 1 rings (SSSR count). The number of anilines is 1. The van der Waals surface area contributed by atoms with Crippen molar-refractivity contribution in [3.05, 3.63) is 24.3 Å². The van der Waals surface area contributed by atoms with Crippen molar-refractivity contribution in [1.29, 1.82) is 0 Å². The molecule has 0 aliphatic heterocycles. The maximum Gasteiger partial charge on any atom is 0.237 e. The fourth-order valence-electron chi connectivity index (χ4n) is 1.13. The number of guanidine groups is 1. The fraction of sp³-hybridized carbons (Fsp3) is 0.364. The normalized spacial score (nSPS) is 11.9. The zero-order valence-electron chi connectivity index (χ0n) is 10.1. The van der Waals surface area contributed by atoms with Crippen LogP contribution in [0.4, 0.5) is 11.4 Å². The quantitative estimate of drug-likeness (QED) is 0.470. The zero-order valence-corrected chi connectivity index (χ0v) is 10.1. The van der Waals surface area contributed by atoms with Crippen molar-refractivity contribution >= 4 is 17.3 Å². The zero-order chi connectivity index (χ0) is 12.0. The van der Waals surface area contributed by atoms with E-state index in [1.165, 1.54) is 0 Å². The van der Waals surface area contributed by atoms with E-state index in [-0.39, 0.29) is 0 Å². The Bertz CT molecular complexity index is 378. The lowest BCUT2D eigenvalue weighted by atomic mass is 10.3. The third-order valence-electron chi connectivity index (χ3n) is 2.06. The van der Waals surface area contributed by atoms with E-state index < -0.39 is 0 Å². The van der Waals surface area contributed by atoms with Crippen LogP contribution in [0.2, 0.25) is 0 Å². The van der Waals surface area contributed by atoms with Gasteiger partial charge in [0.05, 0.1) is 5.69 Å². The summed E-state index contributed by atoms with van der Waals surface area (Å²) in [5.74, 6) is 0.511. The van der Waals surface area contributed by atoms with Gasteiger partial charge in [-0.1, -0.05) is 0 Å². The molecule has 16 heavy (non-hydrogen) atoms. The standard InChI is InChI=1S/C11H17N5/c1-12-11(13-2)15-14-9-5-7-10(8-6-9)16(3)4/h5-8H,1-4H3,(H,12,13). The van der Waals surface area contributed by atoms with Crippen molar-refractivity contribution in [1.82, 2.24) is 5.32 Å². The average molecular weight is 219 g/mol. The highest BCUT2D eigenvalue weighted by Crippen LogP contribution is 2.18. The minimum atomic E-state index is 0.511. The van der Waals surface area contributed by atoms with E-state index in [4.69, 9.17) is 0 Å². The Morgan fingerprint density at radius 1 is 1.19 bits per heavy atom. The van der Waals surface area contributed by atoms with Crippen LogP contribution in [0.3, 0.4) is 0 Å². The van der Waals surface area contributed by atoms with Crippen LogP contribution in [0.5, 0.6) is 0 Å². The SMILES string of the molecule is C/N=C(\N=Nc1ccc(N(C)C)cc1)NC. The molecule has 0 saturated carbocycles. The van der Waals surface area contributed by atoms with Crippen LogP contribution in [-0.4, -0.2) is 34.2 Å². The van der Waals surface area contributed by atoms with E-state index in [0.717, 1.165) is 11.4 Å². The first kappa shape index (κ1) is 12.2. The molecule has 0 amide bonds. The number of nitrogens with one attached hydrogen (secondary N) is 1. The summed E-state index contributed by atoms with van der Waals surface area (Å²) in [6, 6.07) is 7.83. The molecule has 0 heterocycles. The number of nitrogens with zero attached hydrogens (tertiary/aromatic N) is 4. The van der Waals surface area contributed by atoms with E-state index in [1.54, 1.807) is 14.1 Å². The van der Waals surface area contributed by atoms with Gasteiger partial charge in [0.25, 0.3) is 0 Å². The van der Waals surface area contributed by atoms with Crippen molar-refractivity contribution in [3.8, 4) is 0 Å². The number of azo groups is 1. The second kappa shape index (κ2) is 5.85. The predicted molar refractivity (Wildman–Crippen MR) is 67.7 cm³/mol. The van der Waals surface area contributed by atoms with Gasteiger partial charge in [-0.15, -0.1) is 10.2 Å². The lowest BCUT2D eigenvalue weighted by Gasteiger charge is -2.11. The smallest absolute Gasteiger partial charge is 0.237 e. The number of benzene rings is 1. The van der Waals surface area contributed by atoms with Crippen molar-refractivity contribution < 1.29 is 0 Å². The van der Waals surface area contributed by atoms with Gasteiger partial charge in [0, 0.05) is 33.9 Å². The molecule has 1 aromatic rings. The Balaban J connectivity index is 2.76. The van der Waals surface area contributed by atoms with Gasteiger partial charge in [-0.2, -0.15) is 0 Å². The van der Waals surface area contributed by atoms with Gasteiger partial charge in [0.2, 0.25) is 5.96 Å². The molecule has 1 N–H and O–H groups in total. The first-order valence-corrected chi connectivity index (χ1v) is 5.01. The second-order valence-electron chi connectivity index (χ2n) is 3.41. The van der Waals surface area contributed by atoms with Gasteiger partial charge in [0.1, 0.15) is 0 Å². The van der Waals surface area contributed by atoms with Gasteiger partial charge >= 0.3 is 0 Å². The van der Waals surface area contributed by atoms with E-state index in [1.807, 2.05) is 43.3 Å². The number of hydrogen-bond acceptors (Lipinski definition) is 3. The molecule has 0 unspecified atom stereocenters. The number of rotatable bonds is 2. The minimum absolute atomic E-state index is 0.511. The van der Waals surface area contributed by atoms with Gasteiger partial charge < -0.3 is 10.2 Å². The summed E-state index contributed by atoms with van der Waals surface area (Å²) >= 11 is 0. The number of aliphatic imine (C=N–C) groups is 1. The van der Waals surface area contributed by atoms with Crippen molar-refractivity contribution in [3.63, 3.8) is 0 Å². The van der Waals surface area contributed by atoms with E-state index in [2.05, 4.69) is 20.5 Å². The van der Waals surface area contributed by atoms with Crippen LogP contribution in [0.1, 0.15) is 0 Å². The number of hydrogen-bond donors (Lipinski definition) is 1. The van der Waals surface area contributed by atoms with Crippen LogP contribution in [0, 0.1) is 0 Å². The first-order chi connectivity index (χ1) is 7.67. The Hall–Kier alpha value is -1.91. The molecule has 5 nitrogen and oxygen atoms in total. The molecule has 0 saturated heterocycles. The summed E-state index contributed by atoms with van der Waals surface area (Å²) in [5, 5.41) is 10.9. The topological polar surface area (TPSA) is 52.4 Å². The van der Waals surface area contributed by atoms with E-state index >= 15 is 0 Å². The summed E-state index contributed by atoms with van der Waals surface area (Å²) < 4.78 is 0. The summed E-state index contributed by atoms with van der Waals surface area (Å²) in [5.41, 5.74) is 1.94. The van der Waals surface area contributed by atoms with Gasteiger partial charge in [-0.25, -0.2) is 0 Å². The average Bonchev–Trinajstić information content (AvgIpc) is 2.31. The lowest BCUT2D eigenvalue weighted by Crippen LogP contribution is -2.14. The van der Waals surface area contributed by atoms with Gasteiger partial charge in [-0.3, -0.25) is 4.99 Å². The molecule has 0 aliphatic rings. The molecule has 0 fully saturated rings. The van der Waals surface area contributed by atoms with Crippen molar-refractivity contribution in [2.24, 2.45) is 15.2 Å². The van der Waals surface area contributed by atoms with Crippen molar-refractivity contribution in [2.45, 2.75) is 0 Å². The van der Waals surface area contributed by atoms with Crippen LogP contribution < -0.4 is 10.2 Å². The van der Waals surface area contributed by atoms with Gasteiger partial charge in [-0.05, 0) is 24.3 Å². The monoisotopic (exact) mass is 219 g/mol. The molecule has 86 valence electrons. The van der Waals surface area contributed by atoms with Crippen LogP contribution >= 0.6 is 0 Å². The van der Waals surface area contributed by atoms with Crippen LogP contribution in [-0.2, 0) is 0 Å². The molecule has 0 spiro atoms. The van der Waals surface area contributed by atoms with E-state index in [9.17, 15) is 0 Å². The summed E-state index contributed by atoms with van der Waals surface area (Å²) in [6.07, 6.45) is 0. The molecular formula is C11H17N5. The summed E-state index contributed by atoms with van der Waals surface area (Å²) in [6.45, 7) is 0. The maximum absolute atomic E-state index is 4.06. The highest BCUT2D eigenvalue weighted by Gasteiger charge is 1.95. The molecule has 0 bridgehead atoms. The fourth-order valence-corrected chi connectivity index (χ4v) is 1.13. The maximum atomic E-state index is 4.06. The third kappa shape index (κ3) is 3.34. The molecular weight excluding hydrogens is 202 g/mol. The highest BCUT2D eigenvalue weighted by atomic mass is 15.2. The molecule has 0 atom stereocenters. The van der Waals surface area contributed by atoms with Gasteiger partial charge in [0.15, 0.2) is 0 Å². The van der Waals surface area contributed by atoms with Crippen LogP contribution in [0.25, 0.3) is 0 Å². The Kier molecular flexibility index (Phi) is 4.44.